The third kappa shape index (κ3) is 8.36. The lowest BCUT2D eigenvalue weighted by Crippen LogP contribution is -2.24. The molecule has 2 aliphatic rings. The molecule has 0 spiro atoms. The van der Waals surface area contributed by atoms with Gasteiger partial charge in [0.1, 0.15) is 13.2 Å². The number of hydrogen-bond acceptors (Lipinski definition) is 6. The van der Waals surface area contributed by atoms with Gasteiger partial charge in [-0.3, -0.25) is 0 Å². The van der Waals surface area contributed by atoms with Crippen LogP contribution in [0.1, 0.15) is 73.3 Å². The molecule has 0 saturated carbocycles. The van der Waals surface area contributed by atoms with Gasteiger partial charge in [0.25, 0.3) is 0 Å². The lowest BCUT2D eigenvalue weighted by atomic mass is 9.84. The second-order valence-corrected chi connectivity index (χ2v) is 12.6. The van der Waals surface area contributed by atoms with Gasteiger partial charge in [0, 0.05) is 23.7 Å². The van der Waals surface area contributed by atoms with Gasteiger partial charge in [-0.1, -0.05) is 84.9 Å². The third-order valence-electron chi connectivity index (χ3n) is 8.39. The number of aryl methyl sites for hydroxylation is 1. The summed E-state index contributed by atoms with van der Waals surface area (Å²) in [6, 6.07) is 35.9. The smallest absolute Gasteiger partial charge is 0.216 e. The van der Waals surface area contributed by atoms with Gasteiger partial charge in [-0.25, -0.2) is 4.99 Å². The maximum absolute atomic E-state index is 6.66. The molecule has 0 N–H and O–H groups in total. The normalized spacial score (nSPS) is 18.0. The number of nitrogens with zero attached hydrogens (tertiary/aromatic N) is 1. The Labute approximate surface area is 273 Å². The summed E-state index contributed by atoms with van der Waals surface area (Å²) in [5, 5.41) is 0. The summed E-state index contributed by atoms with van der Waals surface area (Å²) in [5.41, 5.74) is 5.47. The average Bonchev–Trinajstić information content (AvgIpc) is 3.47. The van der Waals surface area contributed by atoms with E-state index in [0.717, 1.165) is 66.9 Å². The number of hydrogen-bond donors (Lipinski definition) is 0. The number of benzene rings is 4. The van der Waals surface area contributed by atoms with Gasteiger partial charge in [0.05, 0.1) is 18.8 Å². The van der Waals surface area contributed by atoms with Gasteiger partial charge in [0.15, 0.2) is 17.8 Å². The minimum Gasteiger partial charge on any atom is -0.489 e. The van der Waals surface area contributed by atoms with E-state index < -0.39 is 0 Å². The number of aliphatic imine (C=N–C) groups is 1. The fraction of sp³-hybridized carbons (Fsp3) is 0.375. The van der Waals surface area contributed by atoms with Crippen LogP contribution in [0.4, 0.5) is 0 Å². The van der Waals surface area contributed by atoms with Gasteiger partial charge in [0.2, 0.25) is 5.90 Å². The first-order valence-corrected chi connectivity index (χ1v) is 16.6. The zero-order valence-electron chi connectivity index (χ0n) is 27.0. The standard InChI is InChI=1S/C40H45NO5/c1-40(2)29-46-39(41-40)33-23-21-32(22-24-33)37(31-16-7-4-8-17-31)34-18-11-19-35(42-27-28-44-36-20-9-10-25-43-36)38(34)45-26-12-15-30-13-5-3-6-14-30/h3-8,11,13-14,16-19,21-24,36-37H,9-10,12,15,20,25-29H2,1-2H3. The van der Waals surface area contributed by atoms with Crippen molar-refractivity contribution in [2.45, 2.75) is 63.7 Å². The molecule has 6 heteroatoms. The molecule has 2 aliphatic heterocycles. The van der Waals surface area contributed by atoms with Crippen LogP contribution in [0.15, 0.2) is 108 Å². The van der Waals surface area contributed by atoms with Crippen LogP contribution in [-0.4, -0.2) is 50.8 Å². The van der Waals surface area contributed by atoms with Gasteiger partial charge in [-0.15, -0.1) is 0 Å². The fourth-order valence-electron chi connectivity index (χ4n) is 6.04. The summed E-state index contributed by atoms with van der Waals surface area (Å²) < 4.78 is 30.7. The van der Waals surface area contributed by atoms with Crippen LogP contribution in [0.25, 0.3) is 0 Å². The van der Waals surface area contributed by atoms with Crippen molar-refractivity contribution in [2.24, 2.45) is 4.99 Å². The minimum absolute atomic E-state index is 0.0716. The monoisotopic (exact) mass is 619 g/mol. The molecule has 2 atom stereocenters. The van der Waals surface area contributed by atoms with Crippen molar-refractivity contribution >= 4 is 5.90 Å². The van der Waals surface area contributed by atoms with Crippen molar-refractivity contribution in [1.82, 2.24) is 0 Å². The highest BCUT2D eigenvalue weighted by atomic mass is 16.7. The summed E-state index contributed by atoms with van der Waals surface area (Å²) in [6.45, 7) is 6.96. The molecule has 0 aromatic heterocycles. The Hall–Kier alpha value is -4.13. The first kappa shape index (κ1) is 31.8. The van der Waals surface area contributed by atoms with E-state index in [-0.39, 0.29) is 17.7 Å². The van der Waals surface area contributed by atoms with E-state index in [9.17, 15) is 0 Å². The summed E-state index contributed by atoms with van der Waals surface area (Å²) in [7, 11) is 0. The van der Waals surface area contributed by atoms with Crippen molar-refractivity contribution in [3.63, 3.8) is 0 Å². The molecule has 0 bridgehead atoms. The summed E-state index contributed by atoms with van der Waals surface area (Å²) in [4.78, 5) is 4.78. The molecule has 1 fully saturated rings. The van der Waals surface area contributed by atoms with Gasteiger partial charge >= 0.3 is 0 Å². The third-order valence-corrected chi connectivity index (χ3v) is 8.39. The van der Waals surface area contributed by atoms with Crippen LogP contribution >= 0.6 is 0 Å². The quantitative estimate of drug-likeness (QED) is 0.105. The van der Waals surface area contributed by atoms with E-state index in [2.05, 4.69) is 111 Å². The molecule has 46 heavy (non-hydrogen) atoms. The first-order valence-electron chi connectivity index (χ1n) is 16.6. The van der Waals surface area contributed by atoms with Crippen molar-refractivity contribution in [2.75, 3.05) is 33.0 Å². The molecule has 240 valence electrons. The van der Waals surface area contributed by atoms with E-state index in [1.165, 1.54) is 11.1 Å². The average molecular weight is 620 g/mol. The molecule has 4 aromatic carbocycles. The van der Waals surface area contributed by atoms with Crippen molar-refractivity contribution in [3.8, 4) is 11.5 Å². The van der Waals surface area contributed by atoms with Crippen LogP contribution < -0.4 is 9.47 Å². The van der Waals surface area contributed by atoms with Crippen molar-refractivity contribution in [3.05, 3.63) is 131 Å². The molecule has 6 rings (SSSR count). The maximum atomic E-state index is 6.66. The predicted octanol–water partition coefficient (Wildman–Crippen LogP) is 8.36. The summed E-state index contributed by atoms with van der Waals surface area (Å²) in [6.07, 6.45) is 4.86. The molecule has 0 aliphatic carbocycles. The lowest BCUT2D eigenvalue weighted by Gasteiger charge is -2.25. The molecular weight excluding hydrogens is 574 g/mol. The molecule has 0 amide bonds. The van der Waals surface area contributed by atoms with Crippen LogP contribution in [0.2, 0.25) is 0 Å². The Morgan fingerprint density at radius 1 is 0.783 bits per heavy atom. The Kier molecular flexibility index (Phi) is 10.7. The Morgan fingerprint density at radius 3 is 2.26 bits per heavy atom. The zero-order valence-corrected chi connectivity index (χ0v) is 27.0. The largest absolute Gasteiger partial charge is 0.489 e. The van der Waals surface area contributed by atoms with E-state index >= 15 is 0 Å². The van der Waals surface area contributed by atoms with E-state index in [4.69, 9.17) is 28.7 Å². The second-order valence-electron chi connectivity index (χ2n) is 12.6. The van der Waals surface area contributed by atoms with Crippen LogP contribution in [0, 0.1) is 0 Å². The molecule has 1 saturated heterocycles. The molecular formula is C40H45NO5. The summed E-state index contributed by atoms with van der Waals surface area (Å²) >= 11 is 0. The topological polar surface area (TPSA) is 58.5 Å². The zero-order chi connectivity index (χ0) is 31.6. The highest BCUT2D eigenvalue weighted by Gasteiger charge is 2.28. The van der Waals surface area contributed by atoms with E-state index in [0.29, 0.717) is 32.3 Å². The molecule has 2 heterocycles. The highest BCUT2D eigenvalue weighted by molar-refractivity contribution is 5.95. The number of rotatable bonds is 14. The van der Waals surface area contributed by atoms with Crippen molar-refractivity contribution < 1.29 is 23.7 Å². The van der Waals surface area contributed by atoms with E-state index in [1.54, 1.807) is 0 Å². The molecule has 0 radical (unpaired) electrons. The minimum atomic E-state index is -0.206. The Bertz CT molecular complexity index is 1550. The lowest BCUT2D eigenvalue weighted by molar-refractivity contribution is -0.165. The van der Waals surface area contributed by atoms with Gasteiger partial charge < -0.3 is 23.7 Å². The maximum Gasteiger partial charge on any atom is 0.216 e. The second kappa shape index (κ2) is 15.4. The Balaban J connectivity index is 1.27. The van der Waals surface area contributed by atoms with Crippen LogP contribution in [0.5, 0.6) is 11.5 Å². The SMILES string of the molecule is CC1(C)COC(c2ccc(C(c3ccccc3)c3cccc(OCCOC4CCCCO4)c3OCCCc3ccccc3)cc2)=N1. The van der Waals surface area contributed by atoms with Gasteiger partial charge in [-0.05, 0) is 80.8 Å². The van der Waals surface area contributed by atoms with Gasteiger partial charge in [-0.2, -0.15) is 0 Å². The van der Waals surface area contributed by atoms with Crippen LogP contribution in [0.3, 0.4) is 0 Å². The highest BCUT2D eigenvalue weighted by Crippen LogP contribution is 2.42. The Morgan fingerprint density at radius 2 is 1.54 bits per heavy atom. The molecule has 6 nitrogen and oxygen atoms in total. The first-order chi connectivity index (χ1) is 22.6. The van der Waals surface area contributed by atoms with Crippen LogP contribution in [-0.2, 0) is 20.6 Å². The number of ether oxygens (including phenoxy) is 5. The number of para-hydroxylation sites is 1. The van der Waals surface area contributed by atoms with Crippen molar-refractivity contribution in [1.29, 1.82) is 0 Å². The predicted molar refractivity (Wildman–Crippen MR) is 182 cm³/mol. The molecule has 4 aromatic rings. The molecule has 2 unspecified atom stereocenters. The summed E-state index contributed by atoms with van der Waals surface area (Å²) in [5.74, 6) is 2.12. The van der Waals surface area contributed by atoms with E-state index in [1.807, 2.05) is 6.07 Å². The fourth-order valence-corrected chi connectivity index (χ4v) is 6.04.